The number of amides is 2. The van der Waals surface area contributed by atoms with Crippen molar-refractivity contribution in [3.63, 3.8) is 0 Å². The van der Waals surface area contributed by atoms with Crippen LogP contribution in [0, 0.1) is 0 Å². The number of sulfonamides is 1. The molecule has 4 aromatic rings. The average Bonchev–Trinajstić information content (AvgIpc) is 3.07. The molecule has 0 unspecified atom stereocenters. The standard InChI is InChI=1S/C35H36Cl3N3O5S/c1-3-4-21-39-35(43)33(22-25-9-6-5-7-10-25)40(23-30-31(37)11-8-12-32(30)38)34(42)24-41(27-15-13-26(36)14-16-27)47(44,45)29-19-17-28(46-2)18-20-29/h5-20,33H,3-4,21-24H2,1-2H3,(H,39,43)/t33-/m1/s1. The van der Waals surface area contributed by atoms with Crippen molar-refractivity contribution in [3.8, 4) is 5.75 Å². The Morgan fingerprint density at radius 2 is 1.49 bits per heavy atom. The third-order valence-corrected chi connectivity index (χ3v) is 10.3. The number of hydrogen-bond donors (Lipinski definition) is 1. The molecule has 248 valence electrons. The Morgan fingerprint density at radius 1 is 0.851 bits per heavy atom. The Hall–Kier alpha value is -3.76. The minimum absolute atomic E-state index is 0.0557. The maximum atomic E-state index is 14.6. The first-order chi connectivity index (χ1) is 22.5. The van der Waals surface area contributed by atoms with Crippen LogP contribution in [-0.2, 0) is 32.6 Å². The second-order valence-electron chi connectivity index (χ2n) is 10.7. The monoisotopic (exact) mass is 715 g/mol. The van der Waals surface area contributed by atoms with E-state index >= 15 is 0 Å². The molecule has 0 aliphatic carbocycles. The van der Waals surface area contributed by atoms with Gasteiger partial charge in [0.1, 0.15) is 18.3 Å². The predicted molar refractivity (Wildman–Crippen MR) is 188 cm³/mol. The lowest BCUT2D eigenvalue weighted by atomic mass is 10.0. The number of ether oxygens (including phenoxy) is 1. The molecule has 0 saturated heterocycles. The van der Waals surface area contributed by atoms with E-state index in [2.05, 4.69) is 5.32 Å². The molecule has 4 aromatic carbocycles. The minimum Gasteiger partial charge on any atom is -0.497 e. The SMILES string of the molecule is CCCCNC(=O)[C@@H](Cc1ccccc1)N(Cc1c(Cl)cccc1Cl)C(=O)CN(c1ccc(Cl)cc1)S(=O)(=O)c1ccc(OC)cc1. The molecule has 4 rings (SSSR count). The molecule has 0 aliphatic heterocycles. The highest BCUT2D eigenvalue weighted by Crippen LogP contribution is 2.30. The van der Waals surface area contributed by atoms with Gasteiger partial charge >= 0.3 is 0 Å². The molecule has 0 heterocycles. The zero-order valence-electron chi connectivity index (χ0n) is 26.0. The fourth-order valence-corrected chi connectivity index (χ4v) is 6.98. The van der Waals surface area contributed by atoms with Gasteiger partial charge in [-0.05, 0) is 72.6 Å². The number of rotatable bonds is 15. The molecule has 0 aliphatic rings. The molecule has 0 spiro atoms. The van der Waals surface area contributed by atoms with Crippen LogP contribution in [0.15, 0.2) is 102 Å². The van der Waals surface area contributed by atoms with Crippen molar-refractivity contribution in [3.05, 3.63) is 123 Å². The average molecular weight is 717 g/mol. The second kappa shape index (κ2) is 16.9. The number of carbonyl (C=O) groups is 2. The fourth-order valence-electron chi connectivity index (χ4n) is 4.92. The summed E-state index contributed by atoms with van der Waals surface area (Å²) in [6, 6.07) is 25.2. The molecular formula is C35H36Cl3N3O5S. The van der Waals surface area contributed by atoms with Crippen LogP contribution in [0.5, 0.6) is 5.75 Å². The summed E-state index contributed by atoms with van der Waals surface area (Å²) in [5, 5.41) is 3.96. The Balaban J connectivity index is 1.82. The number of benzene rings is 4. The summed E-state index contributed by atoms with van der Waals surface area (Å²) in [7, 11) is -2.82. The largest absolute Gasteiger partial charge is 0.497 e. The molecule has 2 amide bonds. The normalized spacial score (nSPS) is 11.9. The summed E-state index contributed by atoms with van der Waals surface area (Å²) in [4.78, 5) is 29.7. The van der Waals surface area contributed by atoms with E-state index in [-0.39, 0.29) is 29.5 Å². The molecular weight excluding hydrogens is 681 g/mol. The maximum Gasteiger partial charge on any atom is 0.264 e. The maximum absolute atomic E-state index is 14.6. The topological polar surface area (TPSA) is 96.0 Å². The molecule has 1 atom stereocenters. The summed E-state index contributed by atoms with van der Waals surface area (Å²) in [5.41, 5.74) is 1.45. The first-order valence-corrected chi connectivity index (χ1v) is 17.6. The predicted octanol–water partition coefficient (Wildman–Crippen LogP) is 7.41. The number of unbranched alkanes of at least 4 members (excludes halogenated alkanes) is 1. The van der Waals surface area contributed by atoms with Crippen molar-refractivity contribution < 1.29 is 22.7 Å². The minimum atomic E-state index is -4.30. The number of anilines is 1. The molecule has 0 bridgehead atoms. The molecule has 0 aromatic heterocycles. The molecule has 12 heteroatoms. The summed E-state index contributed by atoms with van der Waals surface area (Å²) >= 11 is 19.3. The van der Waals surface area contributed by atoms with Crippen LogP contribution in [0.1, 0.15) is 30.9 Å². The van der Waals surface area contributed by atoms with Gasteiger partial charge in [-0.1, -0.05) is 84.5 Å². The van der Waals surface area contributed by atoms with Gasteiger partial charge in [-0.2, -0.15) is 0 Å². The summed E-state index contributed by atoms with van der Waals surface area (Å²) in [6.07, 6.45) is 1.78. The van der Waals surface area contributed by atoms with Crippen LogP contribution >= 0.6 is 34.8 Å². The first kappa shape index (κ1) is 36.1. The van der Waals surface area contributed by atoms with Gasteiger partial charge in [-0.25, -0.2) is 8.42 Å². The van der Waals surface area contributed by atoms with Gasteiger partial charge in [-0.15, -0.1) is 0 Å². The van der Waals surface area contributed by atoms with E-state index < -0.39 is 28.5 Å². The van der Waals surface area contributed by atoms with Crippen LogP contribution < -0.4 is 14.4 Å². The molecule has 1 N–H and O–H groups in total. The fraction of sp³-hybridized carbons (Fsp3) is 0.257. The lowest BCUT2D eigenvalue weighted by Crippen LogP contribution is -2.53. The van der Waals surface area contributed by atoms with Crippen LogP contribution in [0.3, 0.4) is 0 Å². The molecule has 47 heavy (non-hydrogen) atoms. The van der Waals surface area contributed by atoms with Gasteiger partial charge in [0.2, 0.25) is 11.8 Å². The van der Waals surface area contributed by atoms with Gasteiger partial charge in [0.05, 0.1) is 17.7 Å². The van der Waals surface area contributed by atoms with Crippen molar-refractivity contribution in [1.82, 2.24) is 10.2 Å². The van der Waals surface area contributed by atoms with E-state index in [1.807, 2.05) is 37.3 Å². The van der Waals surface area contributed by atoms with E-state index in [0.717, 1.165) is 22.7 Å². The van der Waals surface area contributed by atoms with Crippen LogP contribution in [-0.4, -0.2) is 51.4 Å². The smallest absolute Gasteiger partial charge is 0.264 e. The Bertz CT molecular complexity index is 1740. The number of hydrogen-bond acceptors (Lipinski definition) is 5. The van der Waals surface area contributed by atoms with E-state index in [1.165, 1.54) is 48.4 Å². The van der Waals surface area contributed by atoms with E-state index in [9.17, 15) is 18.0 Å². The van der Waals surface area contributed by atoms with Crippen LogP contribution in [0.2, 0.25) is 15.1 Å². The molecule has 0 saturated carbocycles. The highest BCUT2D eigenvalue weighted by atomic mass is 35.5. The van der Waals surface area contributed by atoms with E-state index in [1.54, 1.807) is 30.3 Å². The van der Waals surface area contributed by atoms with Crippen molar-refractivity contribution >= 4 is 62.3 Å². The Kier molecular flexibility index (Phi) is 13.0. The summed E-state index contributed by atoms with van der Waals surface area (Å²) < 4.78 is 34.5. The lowest BCUT2D eigenvalue weighted by Gasteiger charge is -2.34. The number of halogens is 3. The van der Waals surface area contributed by atoms with Gasteiger partial charge < -0.3 is 15.0 Å². The van der Waals surface area contributed by atoms with Gasteiger partial charge in [0.25, 0.3) is 10.0 Å². The van der Waals surface area contributed by atoms with Crippen molar-refractivity contribution in [2.24, 2.45) is 0 Å². The van der Waals surface area contributed by atoms with Crippen molar-refractivity contribution in [2.45, 2.75) is 43.7 Å². The quantitative estimate of drug-likeness (QED) is 0.129. The van der Waals surface area contributed by atoms with Crippen molar-refractivity contribution in [2.75, 3.05) is 24.5 Å². The summed E-state index contributed by atoms with van der Waals surface area (Å²) in [6.45, 7) is 1.65. The molecule has 0 radical (unpaired) electrons. The highest BCUT2D eigenvalue weighted by Gasteiger charge is 2.35. The highest BCUT2D eigenvalue weighted by molar-refractivity contribution is 7.92. The van der Waals surface area contributed by atoms with Crippen LogP contribution in [0.4, 0.5) is 5.69 Å². The Morgan fingerprint density at radius 3 is 2.09 bits per heavy atom. The third kappa shape index (κ3) is 9.41. The number of nitrogens with zero attached hydrogens (tertiary/aromatic N) is 2. The van der Waals surface area contributed by atoms with Crippen LogP contribution in [0.25, 0.3) is 0 Å². The van der Waals surface area contributed by atoms with Gasteiger partial charge in [0, 0.05) is 40.1 Å². The first-order valence-electron chi connectivity index (χ1n) is 15.0. The zero-order chi connectivity index (χ0) is 34.0. The molecule has 0 fully saturated rings. The van der Waals surface area contributed by atoms with Gasteiger partial charge in [0.15, 0.2) is 0 Å². The number of carbonyl (C=O) groups excluding carboxylic acids is 2. The summed E-state index contributed by atoms with van der Waals surface area (Å²) in [5.74, 6) is -0.548. The zero-order valence-corrected chi connectivity index (χ0v) is 29.1. The van der Waals surface area contributed by atoms with Gasteiger partial charge in [-0.3, -0.25) is 13.9 Å². The third-order valence-electron chi connectivity index (χ3n) is 7.53. The van der Waals surface area contributed by atoms with E-state index in [4.69, 9.17) is 39.5 Å². The number of methoxy groups -OCH3 is 1. The second-order valence-corrected chi connectivity index (χ2v) is 13.8. The van der Waals surface area contributed by atoms with E-state index in [0.29, 0.717) is 32.9 Å². The molecule has 8 nitrogen and oxygen atoms in total. The number of nitrogens with one attached hydrogen (secondary N) is 1. The van der Waals surface area contributed by atoms with Crippen molar-refractivity contribution in [1.29, 1.82) is 0 Å². The Labute approximate surface area is 291 Å². The lowest BCUT2D eigenvalue weighted by molar-refractivity contribution is -0.140.